The van der Waals surface area contributed by atoms with Crippen LogP contribution in [0.2, 0.25) is 0 Å². The van der Waals surface area contributed by atoms with Crippen LogP contribution >= 0.6 is 0 Å². The van der Waals surface area contributed by atoms with Crippen molar-refractivity contribution in [2.45, 2.75) is 25.3 Å². The Hall–Kier alpha value is -2.66. The monoisotopic (exact) mass is 362 g/mol. The molecule has 0 N–H and O–H groups in total. The van der Waals surface area contributed by atoms with E-state index in [4.69, 9.17) is 9.72 Å². The van der Waals surface area contributed by atoms with Crippen LogP contribution in [-0.4, -0.2) is 39.6 Å². The summed E-state index contributed by atoms with van der Waals surface area (Å²) in [4.78, 5) is 12.0. The van der Waals surface area contributed by atoms with Crippen molar-refractivity contribution in [1.29, 1.82) is 0 Å². The van der Waals surface area contributed by atoms with E-state index in [0.29, 0.717) is 5.92 Å². The van der Waals surface area contributed by atoms with Crippen LogP contribution in [0.3, 0.4) is 0 Å². The molecule has 1 atom stereocenters. The fourth-order valence-electron chi connectivity index (χ4n) is 3.81. The molecule has 1 saturated heterocycles. The number of nitrogens with zero attached hydrogens (tertiary/aromatic N) is 4. The molecule has 1 unspecified atom stereocenters. The van der Waals surface area contributed by atoms with Crippen molar-refractivity contribution in [2.75, 3.05) is 20.2 Å². The number of aryl methyl sites for hydroxylation is 1. The van der Waals surface area contributed by atoms with E-state index in [1.807, 2.05) is 30.6 Å². The summed E-state index contributed by atoms with van der Waals surface area (Å²) in [5.74, 6) is 2.44. The summed E-state index contributed by atoms with van der Waals surface area (Å²) >= 11 is 0. The zero-order valence-corrected chi connectivity index (χ0v) is 16.0. The molecule has 1 aromatic carbocycles. The molecule has 140 valence electrons. The third kappa shape index (κ3) is 4.03. The van der Waals surface area contributed by atoms with Gasteiger partial charge in [0.2, 0.25) is 0 Å². The van der Waals surface area contributed by atoms with E-state index in [-0.39, 0.29) is 0 Å². The Labute approximate surface area is 160 Å². The molecule has 3 aromatic rings. The molecule has 2 aromatic heterocycles. The topological polar surface area (TPSA) is 43.2 Å². The van der Waals surface area contributed by atoms with Crippen molar-refractivity contribution in [3.63, 3.8) is 0 Å². The number of imidazole rings is 1. The maximum absolute atomic E-state index is 5.35. The number of hydrogen-bond acceptors (Lipinski definition) is 4. The van der Waals surface area contributed by atoms with Crippen molar-refractivity contribution in [3.8, 4) is 17.0 Å². The summed E-state index contributed by atoms with van der Waals surface area (Å²) in [6.07, 6.45) is 6.26. The van der Waals surface area contributed by atoms with Crippen LogP contribution in [0.25, 0.3) is 11.3 Å². The Balaban J connectivity index is 1.51. The first kappa shape index (κ1) is 17.7. The van der Waals surface area contributed by atoms with Gasteiger partial charge in [0.25, 0.3) is 0 Å². The van der Waals surface area contributed by atoms with Gasteiger partial charge in [-0.25, -0.2) is 4.98 Å². The average Bonchev–Trinajstić information content (AvgIpc) is 3.13. The number of hydrogen-bond donors (Lipinski definition) is 0. The van der Waals surface area contributed by atoms with Crippen LogP contribution in [0.15, 0.2) is 54.9 Å². The second-order valence-electron chi connectivity index (χ2n) is 7.21. The fraction of sp³-hybridized carbons (Fsp3) is 0.364. The number of ether oxygens (including phenoxy) is 1. The van der Waals surface area contributed by atoms with E-state index in [1.165, 1.54) is 18.5 Å². The number of methoxy groups -OCH3 is 1. The number of benzene rings is 1. The quantitative estimate of drug-likeness (QED) is 0.691. The minimum atomic E-state index is 0.463. The maximum Gasteiger partial charge on any atom is 0.122 e. The first-order chi connectivity index (χ1) is 13.2. The average molecular weight is 362 g/mol. The Morgan fingerprint density at radius 1 is 1.19 bits per heavy atom. The lowest BCUT2D eigenvalue weighted by Crippen LogP contribution is -2.34. The summed E-state index contributed by atoms with van der Waals surface area (Å²) < 4.78 is 7.46. The van der Waals surface area contributed by atoms with Gasteiger partial charge in [0.1, 0.15) is 11.6 Å². The van der Waals surface area contributed by atoms with Crippen molar-refractivity contribution in [1.82, 2.24) is 19.4 Å². The highest BCUT2D eigenvalue weighted by atomic mass is 16.5. The van der Waals surface area contributed by atoms with E-state index in [1.54, 1.807) is 7.11 Å². The Bertz CT molecular complexity index is 905. The third-order valence-corrected chi connectivity index (χ3v) is 5.35. The van der Waals surface area contributed by atoms with Crippen molar-refractivity contribution < 1.29 is 4.74 Å². The van der Waals surface area contributed by atoms with Gasteiger partial charge in [0.15, 0.2) is 0 Å². The van der Waals surface area contributed by atoms with Crippen LogP contribution in [0.5, 0.6) is 5.75 Å². The maximum atomic E-state index is 5.35. The van der Waals surface area contributed by atoms with E-state index in [2.05, 4.69) is 45.8 Å². The zero-order valence-electron chi connectivity index (χ0n) is 16.0. The second kappa shape index (κ2) is 7.92. The van der Waals surface area contributed by atoms with Crippen LogP contribution < -0.4 is 4.74 Å². The van der Waals surface area contributed by atoms with Gasteiger partial charge >= 0.3 is 0 Å². The number of pyridine rings is 1. The summed E-state index contributed by atoms with van der Waals surface area (Å²) in [5.41, 5.74) is 3.28. The summed E-state index contributed by atoms with van der Waals surface area (Å²) in [7, 11) is 3.75. The standard InChI is InChI=1S/C22H26N4O/c1-25-13-11-23-22(25)16-26-12-5-7-18(15-26)21-10-4-9-20(24-21)17-6-3-8-19(14-17)27-2/h3-4,6,8-11,13-14,18H,5,7,12,15-16H2,1-2H3. The minimum Gasteiger partial charge on any atom is -0.497 e. The molecule has 0 saturated carbocycles. The van der Waals surface area contributed by atoms with Gasteiger partial charge in [-0.1, -0.05) is 18.2 Å². The molecule has 0 spiro atoms. The van der Waals surface area contributed by atoms with Gasteiger partial charge in [0.05, 0.1) is 19.3 Å². The van der Waals surface area contributed by atoms with Gasteiger partial charge < -0.3 is 9.30 Å². The summed E-state index contributed by atoms with van der Waals surface area (Å²) in [6, 6.07) is 14.5. The molecule has 5 nitrogen and oxygen atoms in total. The molecule has 4 rings (SSSR count). The molecule has 1 aliphatic heterocycles. The van der Waals surface area contributed by atoms with Gasteiger partial charge in [-0.2, -0.15) is 0 Å². The second-order valence-corrected chi connectivity index (χ2v) is 7.21. The van der Waals surface area contributed by atoms with Gasteiger partial charge in [-0.3, -0.25) is 9.88 Å². The normalized spacial score (nSPS) is 17.8. The number of aromatic nitrogens is 3. The predicted octanol–water partition coefficient (Wildman–Crippen LogP) is 3.87. The summed E-state index contributed by atoms with van der Waals surface area (Å²) in [6.45, 7) is 3.05. The van der Waals surface area contributed by atoms with E-state index >= 15 is 0 Å². The molecular weight excluding hydrogens is 336 g/mol. The number of rotatable bonds is 5. The van der Waals surface area contributed by atoms with Crippen molar-refractivity contribution in [2.24, 2.45) is 7.05 Å². The van der Waals surface area contributed by atoms with Crippen LogP contribution in [0.1, 0.15) is 30.3 Å². The van der Waals surface area contributed by atoms with Crippen LogP contribution in [0.4, 0.5) is 0 Å². The Morgan fingerprint density at radius 2 is 2.07 bits per heavy atom. The van der Waals surface area contributed by atoms with E-state index < -0.39 is 0 Å². The molecule has 0 radical (unpaired) electrons. The lowest BCUT2D eigenvalue weighted by Gasteiger charge is -2.32. The molecule has 0 aliphatic carbocycles. The highest BCUT2D eigenvalue weighted by Gasteiger charge is 2.23. The molecule has 1 aliphatic rings. The van der Waals surface area contributed by atoms with Gasteiger partial charge in [-0.05, 0) is 43.7 Å². The predicted molar refractivity (Wildman–Crippen MR) is 107 cm³/mol. The zero-order chi connectivity index (χ0) is 18.6. The molecular formula is C22H26N4O. The number of likely N-dealkylation sites (tertiary alicyclic amines) is 1. The number of piperidine rings is 1. The lowest BCUT2D eigenvalue weighted by molar-refractivity contribution is 0.192. The first-order valence-corrected chi connectivity index (χ1v) is 9.53. The summed E-state index contributed by atoms with van der Waals surface area (Å²) in [5, 5.41) is 0. The highest BCUT2D eigenvalue weighted by molar-refractivity contribution is 5.61. The largest absolute Gasteiger partial charge is 0.497 e. The first-order valence-electron chi connectivity index (χ1n) is 9.53. The highest BCUT2D eigenvalue weighted by Crippen LogP contribution is 2.29. The van der Waals surface area contributed by atoms with Crippen LogP contribution in [0, 0.1) is 0 Å². The molecule has 27 heavy (non-hydrogen) atoms. The van der Waals surface area contributed by atoms with Gasteiger partial charge in [0, 0.05) is 43.2 Å². The minimum absolute atomic E-state index is 0.463. The third-order valence-electron chi connectivity index (χ3n) is 5.35. The van der Waals surface area contributed by atoms with Crippen molar-refractivity contribution in [3.05, 3.63) is 66.4 Å². The molecule has 1 fully saturated rings. The fourth-order valence-corrected chi connectivity index (χ4v) is 3.81. The molecule has 5 heteroatoms. The van der Waals surface area contributed by atoms with Crippen molar-refractivity contribution >= 4 is 0 Å². The SMILES string of the molecule is COc1cccc(-c2cccc(C3CCCN(Cc4nccn4C)C3)n2)c1. The van der Waals surface area contributed by atoms with Gasteiger partial charge in [-0.15, -0.1) is 0 Å². The smallest absolute Gasteiger partial charge is 0.122 e. The Kier molecular flexibility index (Phi) is 5.21. The molecule has 3 heterocycles. The molecule has 0 amide bonds. The lowest BCUT2D eigenvalue weighted by atomic mass is 9.94. The van der Waals surface area contributed by atoms with Crippen LogP contribution in [-0.2, 0) is 13.6 Å². The van der Waals surface area contributed by atoms with E-state index in [0.717, 1.165) is 42.5 Å². The molecule has 0 bridgehead atoms. The Morgan fingerprint density at radius 3 is 2.89 bits per heavy atom. The van der Waals surface area contributed by atoms with E-state index in [9.17, 15) is 0 Å².